The highest BCUT2D eigenvalue weighted by Gasteiger charge is 2.35. The van der Waals surface area contributed by atoms with Gasteiger partial charge in [0.25, 0.3) is 5.91 Å². The molecule has 1 heterocycles. The minimum atomic E-state index is -0.624. The lowest BCUT2D eigenvalue weighted by atomic mass is 10.00. The second-order valence-corrected chi connectivity index (χ2v) is 6.06. The molecule has 1 fully saturated rings. The largest absolute Gasteiger partial charge is 0.333 e. The van der Waals surface area contributed by atoms with E-state index < -0.39 is 5.54 Å². The van der Waals surface area contributed by atoms with E-state index in [4.69, 9.17) is 0 Å². The Labute approximate surface area is 112 Å². The number of rotatable bonds is 3. The number of amides is 1. The molecule has 0 atom stereocenters. The number of nitrogens with one attached hydrogen (secondary N) is 1. The smallest absolute Gasteiger partial charge is 0.262 e. The molecule has 0 saturated heterocycles. The van der Waals surface area contributed by atoms with Crippen LogP contribution in [-0.2, 0) is 6.42 Å². The molecule has 0 bridgehead atoms. The number of aryl methyl sites for hydroxylation is 2. The van der Waals surface area contributed by atoms with Crippen molar-refractivity contribution in [2.45, 2.75) is 51.5 Å². The number of nitriles is 1. The SMILES string of the molecule is CCc1sc(C(=O)NC2(C#N)CCCC2)cc1C. The van der Waals surface area contributed by atoms with E-state index in [-0.39, 0.29) is 5.91 Å². The van der Waals surface area contributed by atoms with Gasteiger partial charge in [0.2, 0.25) is 0 Å². The van der Waals surface area contributed by atoms with Crippen molar-refractivity contribution in [3.63, 3.8) is 0 Å². The van der Waals surface area contributed by atoms with Crippen molar-refractivity contribution < 1.29 is 4.79 Å². The van der Waals surface area contributed by atoms with Crippen molar-refractivity contribution in [1.82, 2.24) is 5.32 Å². The van der Waals surface area contributed by atoms with Crippen LogP contribution in [0, 0.1) is 18.3 Å². The van der Waals surface area contributed by atoms with E-state index in [1.165, 1.54) is 21.8 Å². The number of carbonyl (C=O) groups excluding carboxylic acids is 1. The van der Waals surface area contributed by atoms with Crippen molar-refractivity contribution in [2.24, 2.45) is 0 Å². The van der Waals surface area contributed by atoms with Gasteiger partial charge in [-0.2, -0.15) is 5.26 Å². The molecule has 1 amide bonds. The van der Waals surface area contributed by atoms with Crippen LogP contribution in [0.4, 0.5) is 0 Å². The van der Waals surface area contributed by atoms with Crippen LogP contribution in [0.3, 0.4) is 0 Å². The van der Waals surface area contributed by atoms with Gasteiger partial charge < -0.3 is 5.32 Å². The van der Waals surface area contributed by atoms with Crippen LogP contribution >= 0.6 is 11.3 Å². The Kier molecular flexibility index (Phi) is 3.72. The van der Waals surface area contributed by atoms with Crippen LogP contribution in [0.1, 0.15) is 52.7 Å². The standard InChI is InChI=1S/C14H18N2OS/c1-3-11-10(2)8-12(18-11)13(17)16-14(9-15)6-4-5-7-14/h8H,3-7H2,1-2H3,(H,16,17). The molecule has 2 rings (SSSR count). The monoisotopic (exact) mass is 262 g/mol. The maximum atomic E-state index is 12.2. The van der Waals surface area contributed by atoms with E-state index in [0.717, 1.165) is 37.0 Å². The predicted molar refractivity (Wildman–Crippen MR) is 72.7 cm³/mol. The molecular weight excluding hydrogens is 244 g/mol. The van der Waals surface area contributed by atoms with Gasteiger partial charge in [-0.05, 0) is 50.7 Å². The Morgan fingerprint density at radius 1 is 1.56 bits per heavy atom. The molecule has 0 radical (unpaired) electrons. The molecule has 4 heteroatoms. The average Bonchev–Trinajstić information content (AvgIpc) is 2.96. The fourth-order valence-corrected chi connectivity index (χ4v) is 3.51. The van der Waals surface area contributed by atoms with Crippen LogP contribution in [0.5, 0.6) is 0 Å². The maximum Gasteiger partial charge on any atom is 0.262 e. The highest BCUT2D eigenvalue weighted by molar-refractivity contribution is 7.14. The van der Waals surface area contributed by atoms with Crippen LogP contribution in [0.25, 0.3) is 0 Å². The molecule has 18 heavy (non-hydrogen) atoms. The molecule has 1 aliphatic rings. The maximum absolute atomic E-state index is 12.2. The predicted octanol–water partition coefficient (Wildman–Crippen LogP) is 3.19. The second-order valence-electron chi connectivity index (χ2n) is 4.93. The van der Waals surface area contributed by atoms with E-state index in [9.17, 15) is 10.1 Å². The van der Waals surface area contributed by atoms with Crippen LogP contribution in [-0.4, -0.2) is 11.4 Å². The highest BCUT2D eigenvalue weighted by Crippen LogP contribution is 2.30. The first-order valence-corrected chi connectivity index (χ1v) is 7.25. The molecule has 0 aliphatic heterocycles. The lowest BCUT2D eigenvalue weighted by Crippen LogP contribution is -2.44. The van der Waals surface area contributed by atoms with E-state index in [0.29, 0.717) is 0 Å². The summed E-state index contributed by atoms with van der Waals surface area (Å²) in [5.74, 6) is -0.0914. The zero-order chi connectivity index (χ0) is 13.2. The molecule has 1 aromatic heterocycles. The quantitative estimate of drug-likeness (QED) is 0.909. The van der Waals surface area contributed by atoms with Crippen molar-refractivity contribution in [1.29, 1.82) is 5.26 Å². The summed E-state index contributed by atoms with van der Waals surface area (Å²) in [6, 6.07) is 4.22. The van der Waals surface area contributed by atoms with Gasteiger partial charge >= 0.3 is 0 Å². The summed E-state index contributed by atoms with van der Waals surface area (Å²) in [6.45, 7) is 4.12. The number of thiophene rings is 1. The highest BCUT2D eigenvalue weighted by atomic mass is 32.1. The van der Waals surface area contributed by atoms with E-state index in [1.54, 1.807) is 0 Å². The van der Waals surface area contributed by atoms with Crippen LogP contribution in [0.15, 0.2) is 6.07 Å². The molecule has 1 aromatic rings. The number of carbonyl (C=O) groups is 1. The van der Waals surface area contributed by atoms with Crippen LogP contribution < -0.4 is 5.32 Å². The Morgan fingerprint density at radius 3 is 2.72 bits per heavy atom. The fraction of sp³-hybridized carbons (Fsp3) is 0.571. The first kappa shape index (κ1) is 13.1. The third-order valence-corrected chi connectivity index (χ3v) is 4.97. The third kappa shape index (κ3) is 2.41. The van der Waals surface area contributed by atoms with Gasteiger partial charge in [0.15, 0.2) is 0 Å². The minimum absolute atomic E-state index is 0.0914. The molecule has 1 N–H and O–H groups in total. The second kappa shape index (κ2) is 5.11. The molecule has 96 valence electrons. The minimum Gasteiger partial charge on any atom is -0.333 e. The van der Waals surface area contributed by atoms with Crippen molar-refractivity contribution >= 4 is 17.2 Å². The number of hydrogen-bond acceptors (Lipinski definition) is 3. The average molecular weight is 262 g/mol. The lowest BCUT2D eigenvalue weighted by Gasteiger charge is -2.21. The summed E-state index contributed by atoms with van der Waals surface area (Å²) in [5, 5.41) is 12.2. The van der Waals surface area contributed by atoms with E-state index >= 15 is 0 Å². The number of nitrogens with zero attached hydrogens (tertiary/aromatic N) is 1. The number of hydrogen-bond donors (Lipinski definition) is 1. The van der Waals surface area contributed by atoms with Gasteiger partial charge in [-0.1, -0.05) is 6.92 Å². The molecule has 0 spiro atoms. The molecule has 0 unspecified atom stereocenters. The summed E-state index contributed by atoms with van der Waals surface area (Å²) in [5.41, 5.74) is 0.548. The van der Waals surface area contributed by atoms with Gasteiger partial charge in [0.1, 0.15) is 5.54 Å². The fourth-order valence-electron chi connectivity index (χ4n) is 2.50. The summed E-state index contributed by atoms with van der Waals surface area (Å²) in [6.07, 6.45) is 4.56. The molecular formula is C14H18N2OS. The first-order chi connectivity index (χ1) is 8.60. The molecule has 3 nitrogen and oxygen atoms in total. The van der Waals surface area contributed by atoms with Gasteiger partial charge in [0, 0.05) is 4.88 Å². The third-order valence-electron chi connectivity index (χ3n) is 3.59. The van der Waals surface area contributed by atoms with Crippen molar-refractivity contribution in [3.8, 4) is 6.07 Å². The summed E-state index contributed by atoms with van der Waals surface area (Å²) in [7, 11) is 0. The molecule has 0 aromatic carbocycles. The molecule has 1 saturated carbocycles. The van der Waals surface area contributed by atoms with Gasteiger partial charge in [-0.3, -0.25) is 4.79 Å². The van der Waals surface area contributed by atoms with Crippen molar-refractivity contribution in [2.75, 3.05) is 0 Å². The Morgan fingerprint density at radius 2 is 2.22 bits per heavy atom. The normalized spacial score (nSPS) is 17.4. The summed E-state index contributed by atoms with van der Waals surface area (Å²) in [4.78, 5) is 14.2. The first-order valence-electron chi connectivity index (χ1n) is 6.43. The van der Waals surface area contributed by atoms with Gasteiger partial charge in [-0.25, -0.2) is 0 Å². The van der Waals surface area contributed by atoms with Gasteiger partial charge in [0.05, 0.1) is 10.9 Å². The topological polar surface area (TPSA) is 52.9 Å². The van der Waals surface area contributed by atoms with E-state index in [1.807, 2.05) is 13.0 Å². The Hall–Kier alpha value is -1.34. The zero-order valence-corrected chi connectivity index (χ0v) is 11.7. The lowest BCUT2D eigenvalue weighted by molar-refractivity contribution is 0.0925. The molecule has 1 aliphatic carbocycles. The van der Waals surface area contributed by atoms with Crippen LogP contribution in [0.2, 0.25) is 0 Å². The Balaban J connectivity index is 2.14. The Bertz CT molecular complexity index is 492. The summed E-state index contributed by atoms with van der Waals surface area (Å²) < 4.78 is 0. The van der Waals surface area contributed by atoms with E-state index in [2.05, 4.69) is 18.3 Å². The summed E-state index contributed by atoms with van der Waals surface area (Å²) >= 11 is 1.54. The van der Waals surface area contributed by atoms with Crippen molar-refractivity contribution in [3.05, 3.63) is 21.4 Å². The van der Waals surface area contributed by atoms with Gasteiger partial charge in [-0.15, -0.1) is 11.3 Å². The zero-order valence-electron chi connectivity index (χ0n) is 10.9.